The lowest BCUT2D eigenvalue weighted by Crippen LogP contribution is -2.31. The fraction of sp³-hybridized carbons (Fsp3) is 0.389. The first-order chi connectivity index (χ1) is 12.2. The molecule has 1 aromatic heterocycles. The van der Waals surface area contributed by atoms with Gasteiger partial charge in [0.05, 0.1) is 13.7 Å². The molecule has 1 aliphatic rings. The van der Waals surface area contributed by atoms with Crippen LogP contribution in [0.2, 0.25) is 0 Å². The molecule has 1 saturated heterocycles. The second kappa shape index (κ2) is 8.32. The van der Waals surface area contributed by atoms with Gasteiger partial charge in [-0.25, -0.2) is 14.8 Å². The lowest BCUT2D eigenvalue weighted by Gasteiger charge is -2.27. The first-order valence-electron chi connectivity index (χ1n) is 8.50. The Morgan fingerprint density at radius 2 is 2.08 bits per heavy atom. The molecule has 2 N–H and O–H groups in total. The van der Waals surface area contributed by atoms with E-state index in [2.05, 4.69) is 25.5 Å². The van der Waals surface area contributed by atoms with Crippen molar-refractivity contribution in [3.63, 3.8) is 0 Å². The van der Waals surface area contributed by atoms with Gasteiger partial charge in [0.2, 0.25) is 0 Å². The number of hydrogen-bond donors (Lipinski definition) is 2. The van der Waals surface area contributed by atoms with Gasteiger partial charge in [-0.15, -0.1) is 0 Å². The number of benzene rings is 1. The summed E-state index contributed by atoms with van der Waals surface area (Å²) in [5, 5.41) is 5.55. The molecule has 1 fully saturated rings. The number of urea groups is 1. The molecule has 2 heterocycles. The third-order valence-corrected chi connectivity index (χ3v) is 4.11. The van der Waals surface area contributed by atoms with E-state index in [-0.39, 0.29) is 12.6 Å². The van der Waals surface area contributed by atoms with Crippen molar-refractivity contribution in [1.82, 2.24) is 15.3 Å². The molecule has 0 atom stereocenters. The Kier molecular flexibility index (Phi) is 5.66. The van der Waals surface area contributed by atoms with Crippen LogP contribution in [-0.2, 0) is 6.54 Å². The van der Waals surface area contributed by atoms with E-state index in [1.54, 1.807) is 25.4 Å². The van der Waals surface area contributed by atoms with Crippen molar-refractivity contribution in [3.05, 3.63) is 42.4 Å². The SMILES string of the molecule is COc1cccc(NC(=O)NCc2nccc(N3CCCCC3)n2)c1. The van der Waals surface area contributed by atoms with Gasteiger partial charge in [0, 0.05) is 31.0 Å². The van der Waals surface area contributed by atoms with Crippen LogP contribution in [0.1, 0.15) is 25.1 Å². The van der Waals surface area contributed by atoms with E-state index < -0.39 is 0 Å². The molecule has 3 rings (SSSR count). The van der Waals surface area contributed by atoms with Gasteiger partial charge in [0.15, 0.2) is 0 Å². The van der Waals surface area contributed by atoms with Gasteiger partial charge in [0.1, 0.15) is 17.4 Å². The molecule has 25 heavy (non-hydrogen) atoms. The number of nitrogens with one attached hydrogen (secondary N) is 2. The van der Waals surface area contributed by atoms with Crippen molar-refractivity contribution in [3.8, 4) is 5.75 Å². The van der Waals surface area contributed by atoms with E-state index in [0.29, 0.717) is 17.3 Å². The maximum atomic E-state index is 12.0. The Hall–Kier alpha value is -2.83. The monoisotopic (exact) mass is 341 g/mol. The van der Waals surface area contributed by atoms with Crippen molar-refractivity contribution in [2.45, 2.75) is 25.8 Å². The fourth-order valence-electron chi connectivity index (χ4n) is 2.81. The first-order valence-corrected chi connectivity index (χ1v) is 8.50. The predicted octanol–water partition coefficient (Wildman–Crippen LogP) is 2.80. The molecule has 1 aromatic carbocycles. The smallest absolute Gasteiger partial charge is 0.319 e. The highest BCUT2D eigenvalue weighted by molar-refractivity contribution is 5.89. The van der Waals surface area contributed by atoms with Crippen LogP contribution in [0.5, 0.6) is 5.75 Å². The largest absolute Gasteiger partial charge is 0.497 e. The van der Waals surface area contributed by atoms with E-state index >= 15 is 0 Å². The summed E-state index contributed by atoms with van der Waals surface area (Å²) in [5.41, 5.74) is 0.667. The summed E-state index contributed by atoms with van der Waals surface area (Å²) in [6, 6.07) is 8.82. The third kappa shape index (κ3) is 4.82. The number of aromatic nitrogens is 2. The van der Waals surface area contributed by atoms with E-state index in [4.69, 9.17) is 4.74 Å². The van der Waals surface area contributed by atoms with Gasteiger partial charge in [-0.2, -0.15) is 0 Å². The summed E-state index contributed by atoms with van der Waals surface area (Å²) in [6.45, 7) is 2.33. The minimum absolute atomic E-state index is 0.275. The maximum Gasteiger partial charge on any atom is 0.319 e. The molecular weight excluding hydrogens is 318 g/mol. The predicted molar refractivity (Wildman–Crippen MR) is 96.9 cm³/mol. The quantitative estimate of drug-likeness (QED) is 0.874. The van der Waals surface area contributed by atoms with Crippen LogP contribution in [0, 0.1) is 0 Å². The zero-order chi connectivity index (χ0) is 17.5. The average molecular weight is 341 g/mol. The number of carbonyl (C=O) groups excluding carboxylic acids is 1. The average Bonchev–Trinajstić information content (AvgIpc) is 2.67. The van der Waals surface area contributed by atoms with Gasteiger partial charge in [0.25, 0.3) is 0 Å². The zero-order valence-electron chi connectivity index (χ0n) is 14.4. The number of methoxy groups -OCH3 is 1. The summed E-state index contributed by atoms with van der Waals surface area (Å²) < 4.78 is 5.14. The van der Waals surface area contributed by atoms with Gasteiger partial charge in [-0.05, 0) is 37.5 Å². The molecule has 0 saturated carbocycles. The van der Waals surface area contributed by atoms with Crippen LogP contribution < -0.4 is 20.3 Å². The Bertz CT molecular complexity index is 716. The molecule has 1 aliphatic heterocycles. The number of piperidine rings is 1. The summed E-state index contributed by atoms with van der Waals surface area (Å²) >= 11 is 0. The number of carbonyl (C=O) groups is 1. The van der Waals surface area contributed by atoms with Crippen molar-refractivity contribution >= 4 is 17.5 Å². The van der Waals surface area contributed by atoms with Crippen molar-refractivity contribution in [2.24, 2.45) is 0 Å². The summed E-state index contributed by atoms with van der Waals surface area (Å²) in [6.07, 6.45) is 5.41. The van der Waals surface area contributed by atoms with E-state index in [9.17, 15) is 4.79 Å². The number of amides is 2. The summed E-state index contributed by atoms with van der Waals surface area (Å²) in [5.74, 6) is 2.22. The number of ether oxygens (including phenoxy) is 1. The normalized spacial score (nSPS) is 14.0. The second-order valence-electron chi connectivity index (χ2n) is 5.92. The van der Waals surface area contributed by atoms with Crippen LogP contribution in [-0.4, -0.2) is 36.2 Å². The highest BCUT2D eigenvalue weighted by atomic mass is 16.5. The standard InChI is InChI=1S/C18H23N5O2/c1-25-15-7-5-6-14(12-15)21-18(24)20-13-16-19-9-8-17(22-16)23-10-3-2-4-11-23/h5-9,12H,2-4,10-11,13H2,1H3,(H2,20,21,24). The van der Waals surface area contributed by atoms with Crippen molar-refractivity contribution in [2.75, 3.05) is 30.4 Å². The molecule has 7 nitrogen and oxygen atoms in total. The Morgan fingerprint density at radius 1 is 1.24 bits per heavy atom. The lowest BCUT2D eigenvalue weighted by atomic mass is 10.1. The Labute approximate surface area is 147 Å². The van der Waals surface area contributed by atoms with Gasteiger partial charge < -0.3 is 20.3 Å². The Balaban J connectivity index is 1.54. The maximum absolute atomic E-state index is 12.0. The first kappa shape index (κ1) is 17.0. The molecule has 132 valence electrons. The third-order valence-electron chi connectivity index (χ3n) is 4.11. The number of anilines is 2. The van der Waals surface area contributed by atoms with E-state index in [1.807, 2.05) is 18.2 Å². The van der Waals surface area contributed by atoms with E-state index in [1.165, 1.54) is 19.3 Å². The van der Waals surface area contributed by atoms with Crippen molar-refractivity contribution in [1.29, 1.82) is 0 Å². The minimum atomic E-state index is -0.305. The molecule has 0 radical (unpaired) electrons. The minimum Gasteiger partial charge on any atom is -0.497 e. The molecular formula is C18H23N5O2. The van der Waals surface area contributed by atoms with Gasteiger partial charge in [-0.1, -0.05) is 6.07 Å². The highest BCUT2D eigenvalue weighted by Gasteiger charge is 2.13. The van der Waals surface area contributed by atoms with Gasteiger partial charge in [-0.3, -0.25) is 0 Å². The summed E-state index contributed by atoms with van der Waals surface area (Å²) in [4.78, 5) is 23.1. The molecule has 0 bridgehead atoms. The molecule has 0 spiro atoms. The van der Waals surface area contributed by atoms with Crippen LogP contribution in [0.15, 0.2) is 36.5 Å². The molecule has 7 heteroatoms. The number of hydrogen-bond acceptors (Lipinski definition) is 5. The van der Waals surface area contributed by atoms with Crippen LogP contribution >= 0.6 is 0 Å². The van der Waals surface area contributed by atoms with Crippen LogP contribution in [0.25, 0.3) is 0 Å². The van der Waals surface area contributed by atoms with E-state index in [0.717, 1.165) is 18.9 Å². The molecule has 2 aromatic rings. The molecule has 2 amide bonds. The van der Waals surface area contributed by atoms with Crippen LogP contribution in [0.3, 0.4) is 0 Å². The summed E-state index contributed by atoms with van der Waals surface area (Å²) in [7, 11) is 1.59. The molecule has 0 aliphatic carbocycles. The van der Waals surface area contributed by atoms with Crippen LogP contribution in [0.4, 0.5) is 16.3 Å². The second-order valence-corrected chi connectivity index (χ2v) is 5.92. The number of rotatable bonds is 5. The van der Waals surface area contributed by atoms with Crippen molar-refractivity contribution < 1.29 is 9.53 Å². The van der Waals surface area contributed by atoms with Gasteiger partial charge >= 0.3 is 6.03 Å². The topological polar surface area (TPSA) is 79.4 Å². The lowest BCUT2D eigenvalue weighted by molar-refractivity contribution is 0.251. The molecule has 0 unspecified atom stereocenters. The number of nitrogens with zero attached hydrogens (tertiary/aromatic N) is 3. The highest BCUT2D eigenvalue weighted by Crippen LogP contribution is 2.17. The fourth-order valence-corrected chi connectivity index (χ4v) is 2.81. The zero-order valence-corrected chi connectivity index (χ0v) is 14.4. The Morgan fingerprint density at radius 3 is 2.88 bits per heavy atom.